The van der Waals surface area contributed by atoms with Crippen LogP contribution in [0.2, 0.25) is 0 Å². The Hall–Kier alpha value is -2.43. The standard InChI is InChI=1S/C21H24F2O3/c1-2-3-4-5-6-7-14-26-16-10-8-15(9-11-16)17-12-13-18(21(24)25)20(23)19(17)22/h8-13H,2-7,14H2,1H3,(H,24,25). The maximum atomic E-state index is 14.1. The molecule has 0 saturated heterocycles. The summed E-state index contributed by atoms with van der Waals surface area (Å²) in [7, 11) is 0. The molecule has 0 saturated carbocycles. The van der Waals surface area contributed by atoms with E-state index >= 15 is 0 Å². The molecule has 0 fully saturated rings. The Labute approximate surface area is 152 Å². The third-order valence-electron chi connectivity index (χ3n) is 4.24. The fourth-order valence-electron chi connectivity index (χ4n) is 2.74. The molecule has 0 radical (unpaired) electrons. The number of benzene rings is 2. The molecule has 1 N–H and O–H groups in total. The molecule has 140 valence electrons. The molecule has 0 bridgehead atoms. The van der Waals surface area contributed by atoms with Crippen molar-refractivity contribution in [3.8, 4) is 16.9 Å². The Balaban J connectivity index is 1.93. The second-order valence-electron chi connectivity index (χ2n) is 6.23. The van der Waals surface area contributed by atoms with Gasteiger partial charge in [0.2, 0.25) is 0 Å². The lowest BCUT2D eigenvalue weighted by molar-refractivity contribution is 0.0690. The smallest absolute Gasteiger partial charge is 0.338 e. The Kier molecular flexibility index (Phi) is 7.57. The van der Waals surface area contributed by atoms with Gasteiger partial charge in [0.1, 0.15) is 5.75 Å². The highest BCUT2D eigenvalue weighted by Gasteiger charge is 2.18. The summed E-state index contributed by atoms with van der Waals surface area (Å²) in [5.74, 6) is -3.33. The average molecular weight is 362 g/mol. The number of halogens is 2. The number of carboxylic acid groups (broad SMARTS) is 1. The van der Waals surface area contributed by atoms with Gasteiger partial charge in [0.05, 0.1) is 12.2 Å². The predicted octanol–water partition coefficient (Wildman–Crippen LogP) is 6.07. The second-order valence-corrected chi connectivity index (χ2v) is 6.23. The lowest BCUT2D eigenvalue weighted by atomic mass is 10.0. The molecule has 0 aromatic heterocycles. The van der Waals surface area contributed by atoms with Crippen molar-refractivity contribution in [2.24, 2.45) is 0 Å². The van der Waals surface area contributed by atoms with Crippen LogP contribution in [0.5, 0.6) is 5.75 Å². The molecule has 0 aliphatic heterocycles. The van der Waals surface area contributed by atoms with Gasteiger partial charge in [-0.3, -0.25) is 0 Å². The summed E-state index contributed by atoms with van der Waals surface area (Å²) in [6.07, 6.45) is 7.10. The van der Waals surface area contributed by atoms with Crippen molar-refractivity contribution in [2.45, 2.75) is 45.4 Å². The van der Waals surface area contributed by atoms with Gasteiger partial charge in [-0.1, -0.05) is 57.2 Å². The van der Waals surface area contributed by atoms with E-state index in [0.717, 1.165) is 18.9 Å². The van der Waals surface area contributed by atoms with Crippen LogP contribution < -0.4 is 4.74 Å². The number of carbonyl (C=O) groups is 1. The van der Waals surface area contributed by atoms with Gasteiger partial charge in [0.15, 0.2) is 11.6 Å². The van der Waals surface area contributed by atoms with E-state index < -0.39 is 23.2 Å². The maximum Gasteiger partial charge on any atom is 0.338 e. The lowest BCUT2D eigenvalue weighted by Gasteiger charge is -2.09. The third kappa shape index (κ3) is 5.28. The van der Waals surface area contributed by atoms with Crippen molar-refractivity contribution in [1.29, 1.82) is 0 Å². The lowest BCUT2D eigenvalue weighted by Crippen LogP contribution is -2.03. The minimum atomic E-state index is -1.49. The molecular weight excluding hydrogens is 338 g/mol. The highest BCUT2D eigenvalue weighted by atomic mass is 19.2. The van der Waals surface area contributed by atoms with E-state index in [9.17, 15) is 13.6 Å². The largest absolute Gasteiger partial charge is 0.494 e. The van der Waals surface area contributed by atoms with Gasteiger partial charge in [-0.2, -0.15) is 0 Å². The first-order valence-corrected chi connectivity index (χ1v) is 8.99. The van der Waals surface area contributed by atoms with E-state index in [1.54, 1.807) is 24.3 Å². The summed E-state index contributed by atoms with van der Waals surface area (Å²) >= 11 is 0. The number of carboxylic acids is 1. The monoisotopic (exact) mass is 362 g/mol. The Morgan fingerprint density at radius 2 is 1.58 bits per heavy atom. The number of hydrogen-bond donors (Lipinski definition) is 1. The van der Waals surface area contributed by atoms with Crippen molar-refractivity contribution in [3.63, 3.8) is 0 Å². The van der Waals surface area contributed by atoms with Crippen molar-refractivity contribution in [2.75, 3.05) is 6.61 Å². The molecule has 3 nitrogen and oxygen atoms in total. The zero-order chi connectivity index (χ0) is 18.9. The fraction of sp³-hybridized carbons (Fsp3) is 0.381. The summed E-state index contributed by atoms with van der Waals surface area (Å²) in [5, 5.41) is 8.83. The van der Waals surface area contributed by atoms with Crippen LogP contribution in [-0.2, 0) is 0 Å². The third-order valence-corrected chi connectivity index (χ3v) is 4.24. The average Bonchev–Trinajstić information content (AvgIpc) is 2.63. The van der Waals surface area contributed by atoms with Gasteiger partial charge in [-0.25, -0.2) is 13.6 Å². The van der Waals surface area contributed by atoms with Crippen molar-refractivity contribution < 1.29 is 23.4 Å². The van der Waals surface area contributed by atoms with Crippen LogP contribution in [0.4, 0.5) is 8.78 Å². The van der Waals surface area contributed by atoms with Gasteiger partial charge in [0.25, 0.3) is 0 Å². The van der Waals surface area contributed by atoms with E-state index in [2.05, 4.69) is 6.92 Å². The van der Waals surface area contributed by atoms with Crippen LogP contribution in [0.25, 0.3) is 11.1 Å². The van der Waals surface area contributed by atoms with E-state index in [4.69, 9.17) is 9.84 Å². The second kappa shape index (κ2) is 9.90. The normalized spacial score (nSPS) is 10.7. The fourth-order valence-corrected chi connectivity index (χ4v) is 2.74. The van der Waals surface area contributed by atoms with Crippen LogP contribution in [-0.4, -0.2) is 17.7 Å². The highest BCUT2D eigenvalue weighted by molar-refractivity contribution is 5.88. The topological polar surface area (TPSA) is 46.5 Å². The first kappa shape index (κ1) is 19.9. The van der Waals surface area contributed by atoms with Crippen LogP contribution in [0.3, 0.4) is 0 Å². The number of rotatable bonds is 10. The minimum absolute atomic E-state index is 0.0231. The van der Waals surface area contributed by atoms with E-state index in [1.807, 2.05) is 0 Å². The summed E-state index contributed by atoms with van der Waals surface area (Å²) in [6.45, 7) is 2.81. The molecule has 0 amide bonds. The summed E-state index contributed by atoms with van der Waals surface area (Å²) < 4.78 is 33.6. The summed E-state index contributed by atoms with van der Waals surface area (Å²) in [6, 6.07) is 9.01. The summed E-state index contributed by atoms with van der Waals surface area (Å²) in [5.41, 5.74) is -0.189. The predicted molar refractivity (Wildman–Crippen MR) is 97.6 cm³/mol. The molecule has 0 aliphatic rings. The molecule has 0 atom stereocenters. The number of ether oxygens (including phenoxy) is 1. The molecule has 2 aromatic carbocycles. The van der Waals surface area contributed by atoms with Crippen LogP contribution >= 0.6 is 0 Å². The van der Waals surface area contributed by atoms with Crippen molar-refractivity contribution in [1.82, 2.24) is 0 Å². The molecule has 2 rings (SSSR count). The van der Waals surface area contributed by atoms with Gasteiger partial charge in [-0.05, 0) is 30.2 Å². The molecule has 2 aromatic rings. The number of hydrogen-bond acceptors (Lipinski definition) is 2. The van der Waals surface area contributed by atoms with Crippen molar-refractivity contribution in [3.05, 3.63) is 53.6 Å². The van der Waals surface area contributed by atoms with E-state index in [0.29, 0.717) is 17.9 Å². The molecule has 26 heavy (non-hydrogen) atoms. The summed E-state index contributed by atoms with van der Waals surface area (Å²) in [4.78, 5) is 10.8. The zero-order valence-corrected chi connectivity index (χ0v) is 14.9. The van der Waals surface area contributed by atoms with Crippen molar-refractivity contribution >= 4 is 5.97 Å². The van der Waals surface area contributed by atoms with Crippen LogP contribution in [0.15, 0.2) is 36.4 Å². The Morgan fingerprint density at radius 1 is 0.923 bits per heavy atom. The minimum Gasteiger partial charge on any atom is -0.494 e. The van der Waals surface area contributed by atoms with Gasteiger partial charge >= 0.3 is 5.97 Å². The molecule has 5 heteroatoms. The van der Waals surface area contributed by atoms with Gasteiger partial charge in [0, 0.05) is 5.56 Å². The zero-order valence-electron chi connectivity index (χ0n) is 14.9. The van der Waals surface area contributed by atoms with E-state index in [1.165, 1.54) is 31.7 Å². The quantitative estimate of drug-likeness (QED) is 0.522. The maximum absolute atomic E-state index is 14.1. The molecule has 0 spiro atoms. The number of unbranched alkanes of at least 4 members (excludes halogenated alkanes) is 5. The van der Waals surface area contributed by atoms with Gasteiger partial charge < -0.3 is 9.84 Å². The number of aromatic carboxylic acids is 1. The Morgan fingerprint density at radius 3 is 2.23 bits per heavy atom. The first-order valence-electron chi connectivity index (χ1n) is 8.99. The highest BCUT2D eigenvalue weighted by Crippen LogP contribution is 2.28. The first-order chi connectivity index (χ1) is 12.5. The molecule has 0 aliphatic carbocycles. The van der Waals surface area contributed by atoms with Gasteiger partial charge in [-0.15, -0.1) is 0 Å². The molecule has 0 heterocycles. The molecular formula is C21H24F2O3. The van der Waals surface area contributed by atoms with Crippen LogP contribution in [0.1, 0.15) is 55.8 Å². The SMILES string of the molecule is CCCCCCCCOc1ccc(-c2ccc(C(=O)O)c(F)c2F)cc1. The van der Waals surface area contributed by atoms with E-state index in [-0.39, 0.29) is 5.56 Å². The van der Waals surface area contributed by atoms with Crippen LogP contribution in [0, 0.1) is 11.6 Å². The Bertz CT molecular complexity index is 727. The molecule has 0 unspecified atom stereocenters.